The average molecular weight is 774 g/mol. The number of nitrogens with zero attached hydrogens (tertiary/aromatic N) is 3. The molecule has 3 amide bonds. The summed E-state index contributed by atoms with van der Waals surface area (Å²) < 4.78 is 27.9. The first-order chi connectivity index (χ1) is 24.9. The number of Topliss-reactive ketones (excluding diaryl/α,β-unsaturated/α-hetero) is 3. The first-order valence-electron chi connectivity index (χ1n) is 17.7. The maximum absolute atomic E-state index is 13.9. The van der Waals surface area contributed by atoms with Crippen LogP contribution in [-0.2, 0) is 60.8 Å². The minimum atomic E-state index is -4.99. The number of ketones is 3. The molecule has 1 saturated heterocycles. The van der Waals surface area contributed by atoms with Gasteiger partial charge < -0.3 is 44.5 Å². The Balaban J connectivity index is 2.23. The molecule has 2 rings (SSSR count). The molecule has 6 atom stereocenters. The fraction of sp³-hybridized carbons (Fsp3) is 0.735. The molecule has 300 valence electrons. The third kappa shape index (κ3) is 15.5. The van der Waals surface area contributed by atoms with Gasteiger partial charge in [-0.3, -0.25) is 33.3 Å². The molecule has 1 aliphatic heterocycles. The van der Waals surface area contributed by atoms with Crippen LogP contribution in [0.2, 0.25) is 0 Å². The highest BCUT2D eigenvalue weighted by Gasteiger charge is 2.38. The molecule has 1 aromatic rings. The molecule has 19 heteroatoms. The van der Waals surface area contributed by atoms with Gasteiger partial charge in [0.15, 0.2) is 11.6 Å². The smallest absolute Gasteiger partial charge is 0.394 e. The van der Waals surface area contributed by atoms with Gasteiger partial charge in [-0.25, -0.2) is 9.55 Å². The standard InChI is InChI=1S/C34H56N5O13P/c1-21(2)14-27(36-34(46)29-8-7-10-39(29)32(44)9-11-51-13-12-50-6)30(42)16-24(15-25-18-35-20-38(25)5)33(45)37-28(19-40)31(43)17-26(22(3)41)23(4)52-53(47,48)49/h18,20-21,23-24,26-29,40H,7-17,19H2,1-6H3,(H,36,46)(H,37,45)(H2,47,48,49)/t23?,24-,26-,27+,28+,29+/m1/s1. The summed E-state index contributed by atoms with van der Waals surface area (Å²) in [6.07, 6.45) is 2.07. The summed E-state index contributed by atoms with van der Waals surface area (Å²) in [7, 11) is -1.75. The molecule has 2 heterocycles. The number of amides is 3. The van der Waals surface area contributed by atoms with Crippen molar-refractivity contribution in [3.8, 4) is 0 Å². The number of phosphoric ester groups is 1. The lowest BCUT2D eigenvalue weighted by molar-refractivity contribution is -0.140. The Morgan fingerprint density at radius 3 is 2.26 bits per heavy atom. The molecule has 0 bridgehead atoms. The first kappa shape index (κ1) is 45.8. The molecule has 1 aromatic heterocycles. The number of hydrogen-bond donors (Lipinski definition) is 5. The summed E-state index contributed by atoms with van der Waals surface area (Å²) in [6.45, 7) is 6.50. The zero-order valence-electron chi connectivity index (χ0n) is 31.4. The fourth-order valence-corrected chi connectivity index (χ4v) is 6.76. The molecule has 1 fully saturated rings. The molecule has 1 unspecified atom stereocenters. The number of nitrogens with one attached hydrogen (secondary N) is 2. The Hall–Kier alpha value is -3.38. The first-order valence-corrected chi connectivity index (χ1v) is 19.2. The highest BCUT2D eigenvalue weighted by molar-refractivity contribution is 7.46. The van der Waals surface area contributed by atoms with Crippen molar-refractivity contribution in [2.45, 2.75) is 96.9 Å². The van der Waals surface area contributed by atoms with Crippen LogP contribution >= 0.6 is 7.82 Å². The van der Waals surface area contributed by atoms with Crippen LogP contribution in [0.1, 0.15) is 71.9 Å². The van der Waals surface area contributed by atoms with Crippen molar-refractivity contribution in [3.63, 3.8) is 0 Å². The topological polar surface area (TPSA) is 253 Å². The van der Waals surface area contributed by atoms with E-state index in [1.807, 2.05) is 13.8 Å². The van der Waals surface area contributed by atoms with Gasteiger partial charge in [0, 0.05) is 51.9 Å². The molecule has 0 aromatic carbocycles. The van der Waals surface area contributed by atoms with Crippen molar-refractivity contribution in [1.29, 1.82) is 0 Å². The van der Waals surface area contributed by atoms with Crippen molar-refractivity contribution in [3.05, 3.63) is 18.2 Å². The largest absolute Gasteiger partial charge is 0.469 e. The number of phosphoric acid groups is 1. The predicted octanol–water partition coefficient (Wildman–Crippen LogP) is 0.252. The van der Waals surface area contributed by atoms with Crippen molar-refractivity contribution in [2.75, 3.05) is 40.1 Å². The van der Waals surface area contributed by atoms with Crippen LogP contribution in [0, 0.1) is 17.8 Å². The van der Waals surface area contributed by atoms with E-state index in [-0.39, 0.29) is 44.1 Å². The quantitative estimate of drug-likeness (QED) is 0.0660. The number of aromatic nitrogens is 2. The number of carbonyl (C=O) groups excluding carboxylic acids is 6. The highest BCUT2D eigenvalue weighted by Crippen LogP contribution is 2.39. The van der Waals surface area contributed by atoms with Crippen LogP contribution in [0.25, 0.3) is 0 Å². The normalized spacial score (nSPS) is 17.5. The molecule has 53 heavy (non-hydrogen) atoms. The van der Waals surface area contributed by atoms with E-state index < -0.39 is 86.1 Å². The van der Waals surface area contributed by atoms with Gasteiger partial charge in [0.05, 0.1) is 63.2 Å². The second kappa shape index (κ2) is 22.1. The minimum absolute atomic E-state index is 0.00332. The SMILES string of the molecule is COCCOCCC(=O)N1CCC[C@H]1C(=O)N[C@@H](CC(C)C)C(=O)C[C@@H](Cc1cncn1C)C(=O)N[C@@H](CO)C(=O)C[C@H](C(C)=O)C(C)OP(=O)(O)O. The van der Waals surface area contributed by atoms with E-state index in [9.17, 15) is 48.2 Å². The number of methoxy groups -OCH3 is 1. The summed E-state index contributed by atoms with van der Waals surface area (Å²) in [4.78, 5) is 104. The van der Waals surface area contributed by atoms with Crippen molar-refractivity contribution >= 4 is 42.9 Å². The number of aryl methyl sites for hydroxylation is 1. The second-order valence-corrected chi connectivity index (χ2v) is 15.0. The lowest BCUT2D eigenvalue weighted by Gasteiger charge is -2.28. The molecular weight excluding hydrogens is 717 g/mol. The number of carbonyl (C=O) groups is 6. The predicted molar refractivity (Wildman–Crippen MR) is 189 cm³/mol. The Labute approximate surface area is 309 Å². The highest BCUT2D eigenvalue weighted by atomic mass is 31.2. The van der Waals surface area contributed by atoms with E-state index in [1.165, 1.54) is 24.3 Å². The van der Waals surface area contributed by atoms with Gasteiger partial charge in [-0.05, 0) is 39.0 Å². The van der Waals surface area contributed by atoms with Crippen LogP contribution in [0.15, 0.2) is 12.5 Å². The van der Waals surface area contributed by atoms with Gasteiger partial charge in [0.25, 0.3) is 0 Å². The number of aliphatic hydroxyl groups is 1. The summed E-state index contributed by atoms with van der Waals surface area (Å²) in [5.74, 6) is -5.75. The molecule has 18 nitrogen and oxygen atoms in total. The van der Waals surface area contributed by atoms with Gasteiger partial charge >= 0.3 is 7.82 Å². The average Bonchev–Trinajstić information content (AvgIpc) is 3.73. The lowest BCUT2D eigenvalue weighted by Crippen LogP contribution is -2.52. The van der Waals surface area contributed by atoms with E-state index in [2.05, 4.69) is 20.1 Å². The third-order valence-corrected chi connectivity index (χ3v) is 9.68. The van der Waals surface area contributed by atoms with E-state index in [0.29, 0.717) is 38.3 Å². The maximum Gasteiger partial charge on any atom is 0.469 e. The molecular formula is C34H56N5O13P. The fourth-order valence-electron chi connectivity index (χ4n) is 6.18. The minimum Gasteiger partial charge on any atom is -0.394 e. The Bertz CT molecular complexity index is 1450. The van der Waals surface area contributed by atoms with Crippen molar-refractivity contribution in [1.82, 2.24) is 25.1 Å². The number of imidazole rings is 1. The zero-order chi connectivity index (χ0) is 39.9. The van der Waals surface area contributed by atoms with E-state index in [1.54, 1.807) is 18.7 Å². The van der Waals surface area contributed by atoms with Gasteiger partial charge in [-0.15, -0.1) is 0 Å². The van der Waals surface area contributed by atoms with E-state index >= 15 is 0 Å². The van der Waals surface area contributed by atoms with Crippen LogP contribution < -0.4 is 10.6 Å². The molecule has 1 aliphatic rings. The van der Waals surface area contributed by atoms with Crippen LogP contribution in [0.3, 0.4) is 0 Å². The van der Waals surface area contributed by atoms with Gasteiger partial charge in [0.2, 0.25) is 17.7 Å². The van der Waals surface area contributed by atoms with Gasteiger partial charge in [-0.2, -0.15) is 0 Å². The molecule has 0 radical (unpaired) electrons. The number of hydrogen-bond acceptors (Lipinski definition) is 12. The molecule has 5 N–H and O–H groups in total. The van der Waals surface area contributed by atoms with Crippen LogP contribution in [0.5, 0.6) is 0 Å². The van der Waals surface area contributed by atoms with Gasteiger partial charge in [0.1, 0.15) is 17.9 Å². The Kier molecular flexibility index (Phi) is 19.1. The second-order valence-electron chi connectivity index (χ2n) is 13.8. The molecule has 0 saturated carbocycles. The monoisotopic (exact) mass is 773 g/mol. The number of rotatable bonds is 25. The number of ether oxygens (including phenoxy) is 2. The van der Waals surface area contributed by atoms with E-state index in [0.717, 1.165) is 6.92 Å². The zero-order valence-corrected chi connectivity index (χ0v) is 32.3. The maximum atomic E-state index is 13.9. The lowest BCUT2D eigenvalue weighted by atomic mass is 9.89. The van der Waals surface area contributed by atoms with Crippen LogP contribution in [0.4, 0.5) is 0 Å². The Morgan fingerprint density at radius 1 is 1.02 bits per heavy atom. The van der Waals surface area contributed by atoms with Crippen molar-refractivity contribution < 1.29 is 62.2 Å². The summed E-state index contributed by atoms with van der Waals surface area (Å²) in [6, 6.07) is -3.29. The third-order valence-electron chi connectivity index (χ3n) is 9.07. The Morgan fingerprint density at radius 2 is 1.70 bits per heavy atom. The molecule has 0 spiro atoms. The van der Waals surface area contributed by atoms with E-state index in [4.69, 9.17) is 9.47 Å². The summed E-state index contributed by atoms with van der Waals surface area (Å²) in [5, 5.41) is 15.4. The van der Waals surface area contributed by atoms with Crippen LogP contribution in [-0.4, -0.2) is 129 Å². The summed E-state index contributed by atoms with van der Waals surface area (Å²) in [5.41, 5.74) is 0.584. The number of aliphatic hydroxyl groups excluding tert-OH is 1. The number of likely N-dealkylation sites (tertiary alicyclic amines) is 1. The van der Waals surface area contributed by atoms with Gasteiger partial charge in [-0.1, -0.05) is 13.8 Å². The summed E-state index contributed by atoms with van der Waals surface area (Å²) >= 11 is 0. The van der Waals surface area contributed by atoms with Crippen molar-refractivity contribution in [2.24, 2.45) is 24.8 Å². The molecule has 0 aliphatic carbocycles.